The molecule has 1 heterocycles. The molecule has 302 valence electrons. The van der Waals surface area contributed by atoms with Gasteiger partial charge in [0.25, 0.3) is 0 Å². The van der Waals surface area contributed by atoms with Crippen LogP contribution in [-0.4, -0.2) is 90.1 Å². The molecular weight excluding hydrogens is 714 g/mol. The Labute approximate surface area is 311 Å². The second-order valence-corrected chi connectivity index (χ2v) is 15.4. The van der Waals surface area contributed by atoms with Crippen LogP contribution >= 0.6 is 0 Å². The van der Waals surface area contributed by atoms with Crippen LogP contribution in [0.5, 0.6) is 0 Å². The first-order valence-electron chi connectivity index (χ1n) is 18.8. The Morgan fingerprint density at radius 1 is 0.556 bits per heavy atom. The molecule has 10 unspecified atom stereocenters. The summed E-state index contributed by atoms with van der Waals surface area (Å²) in [5, 5.41) is 39.7. The molecule has 0 spiro atoms. The number of ether oxygens (including phenoxy) is 3. The van der Waals surface area contributed by atoms with Gasteiger partial charge in [0.15, 0.2) is 6.29 Å². The third-order valence-corrected chi connectivity index (χ3v) is 11.4. The molecule has 54 heavy (non-hydrogen) atoms. The minimum atomic E-state index is -1.52. The van der Waals surface area contributed by atoms with Crippen molar-refractivity contribution in [2.45, 2.75) is 104 Å². The van der Waals surface area contributed by atoms with Crippen molar-refractivity contribution in [3.8, 4) is 0 Å². The molecule has 0 aliphatic heterocycles. The number of carboxylic acids is 3. The maximum absolute atomic E-state index is 13.5. The summed E-state index contributed by atoms with van der Waals surface area (Å²) >= 11 is 0. The molecule has 0 aromatic carbocycles. The predicted molar refractivity (Wildman–Crippen MR) is 186 cm³/mol. The van der Waals surface area contributed by atoms with Crippen LogP contribution in [0.3, 0.4) is 0 Å². The van der Waals surface area contributed by atoms with Crippen molar-refractivity contribution in [3.05, 3.63) is 31.5 Å². The summed E-state index contributed by atoms with van der Waals surface area (Å²) in [5.41, 5.74) is -3.31. The van der Waals surface area contributed by atoms with Gasteiger partial charge in [-0.15, -0.1) is 0 Å². The van der Waals surface area contributed by atoms with E-state index < -0.39 is 128 Å². The topological polar surface area (TPSA) is 260 Å². The van der Waals surface area contributed by atoms with Gasteiger partial charge in [0.1, 0.15) is 13.2 Å². The van der Waals surface area contributed by atoms with Gasteiger partial charge in [-0.1, -0.05) is 27.2 Å². The van der Waals surface area contributed by atoms with Crippen LogP contribution in [0.2, 0.25) is 0 Å². The molecule has 0 bridgehead atoms. The maximum atomic E-state index is 13.5. The summed E-state index contributed by atoms with van der Waals surface area (Å²) in [5.74, 6) is -9.90. The van der Waals surface area contributed by atoms with Crippen molar-refractivity contribution in [1.82, 2.24) is 13.7 Å². The van der Waals surface area contributed by atoms with Gasteiger partial charge < -0.3 is 34.6 Å². The third kappa shape index (κ3) is 10.2. The van der Waals surface area contributed by atoms with E-state index in [-0.39, 0.29) is 17.8 Å². The molecule has 0 amide bonds. The second-order valence-electron chi connectivity index (χ2n) is 15.4. The normalized spacial score (nSPS) is 29.1. The predicted octanol–water partition coefficient (Wildman–Crippen LogP) is 1.00. The van der Waals surface area contributed by atoms with Crippen LogP contribution in [0.4, 0.5) is 0 Å². The number of carbonyl (C=O) groups is 5. The molecule has 3 aliphatic carbocycles. The lowest BCUT2D eigenvalue weighted by Gasteiger charge is -2.34. The van der Waals surface area contributed by atoms with Gasteiger partial charge in [0.2, 0.25) is 0 Å². The van der Waals surface area contributed by atoms with Gasteiger partial charge >= 0.3 is 46.9 Å². The molecular formula is C36H53N3O15. The zero-order chi connectivity index (χ0) is 39.9. The van der Waals surface area contributed by atoms with Gasteiger partial charge in [-0.05, 0) is 69.1 Å². The van der Waals surface area contributed by atoms with Gasteiger partial charge in [0.05, 0.1) is 55.8 Å². The standard InChI is InChI=1S/C36H53N3O15/c1-19-4-7-22(25(16-19)28(40)41)31(46)52-13-10-37-34(49)38(11-14-53-32(47)23-8-5-20(2)17-26(23)29(42)43)36(51)39(35(37)50)12-15-54-33(48)24-9-6-21(3)18-27(24)30(44)45/h19-27,31,46H,4-18H2,1-3H3,(H,40,41)(H,42,43)(H,44,45). The zero-order valence-electron chi connectivity index (χ0n) is 31.0. The van der Waals surface area contributed by atoms with Crippen molar-refractivity contribution < 1.29 is 58.6 Å². The lowest BCUT2D eigenvalue weighted by Crippen LogP contribution is -2.55. The highest BCUT2D eigenvalue weighted by atomic mass is 16.6. The van der Waals surface area contributed by atoms with E-state index in [0.29, 0.717) is 71.5 Å². The van der Waals surface area contributed by atoms with Crippen molar-refractivity contribution in [3.63, 3.8) is 0 Å². The van der Waals surface area contributed by atoms with E-state index in [1.807, 2.05) is 20.8 Å². The van der Waals surface area contributed by atoms with Gasteiger partial charge in [0, 0.05) is 5.92 Å². The van der Waals surface area contributed by atoms with Gasteiger partial charge in [-0.25, -0.2) is 28.1 Å². The second kappa shape index (κ2) is 18.8. The minimum absolute atomic E-state index is 0.104. The largest absolute Gasteiger partial charge is 0.481 e. The number of esters is 2. The molecule has 4 rings (SSSR count). The van der Waals surface area contributed by atoms with Crippen molar-refractivity contribution in [2.75, 3.05) is 19.8 Å². The van der Waals surface area contributed by atoms with E-state index in [4.69, 9.17) is 14.2 Å². The van der Waals surface area contributed by atoms with Crippen LogP contribution in [-0.2, 0) is 57.8 Å². The van der Waals surface area contributed by atoms with Crippen LogP contribution in [0, 0.1) is 53.3 Å². The lowest BCUT2D eigenvalue weighted by atomic mass is 9.74. The van der Waals surface area contributed by atoms with Crippen LogP contribution in [0.25, 0.3) is 0 Å². The quantitative estimate of drug-likeness (QED) is 0.135. The molecule has 3 aliphatic rings. The first-order chi connectivity index (χ1) is 25.5. The fourth-order valence-corrected chi connectivity index (χ4v) is 8.24. The Balaban J connectivity index is 1.52. The summed E-state index contributed by atoms with van der Waals surface area (Å²) in [6.45, 7) is 2.74. The Bertz CT molecular complexity index is 1620. The summed E-state index contributed by atoms with van der Waals surface area (Å²) in [7, 11) is 0. The smallest absolute Gasteiger partial charge is 0.336 e. The Morgan fingerprint density at radius 3 is 1.30 bits per heavy atom. The highest BCUT2D eigenvalue weighted by molar-refractivity contribution is 5.82. The first-order valence-corrected chi connectivity index (χ1v) is 18.8. The van der Waals surface area contributed by atoms with Gasteiger partial charge in [-0.2, -0.15) is 0 Å². The molecule has 3 saturated carbocycles. The fraction of sp³-hybridized carbons (Fsp3) is 0.778. The Kier molecular flexibility index (Phi) is 14.8. The highest BCUT2D eigenvalue weighted by Crippen LogP contribution is 2.37. The SMILES string of the molecule is CC1CCC(C(=O)OCCn2c(=O)n(CCOC(=O)C3CCC(C)CC3C(=O)O)c(=O)n(CCOC(O)C3CCC(C)CC3C(=O)O)c2=O)C(C(=O)O)C1. The van der Waals surface area contributed by atoms with Crippen molar-refractivity contribution >= 4 is 29.8 Å². The van der Waals surface area contributed by atoms with Crippen LogP contribution < -0.4 is 17.1 Å². The monoisotopic (exact) mass is 767 g/mol. The molecule has 10 atom stereocenters. The number of aliphatic hydroxyl groups is 1. The number of rotatable bonds is 16. The molecule has 0 radical (unpaired) electrons. The molecule has 1 aromatic rings. The summed E-state index contributed by atoms with van der Waals surface area (Å²) in [6, 6.07) is 0. The van der Waals surface area contributed by atoms with E-state index in [1.54, 1.807) is 0 Å². The number of carbonyl (C=O) groups excluding carboxylic acids is 2. The molecule has 18 heteroatoms. The van der Waals surface area contributed by atoms with Crippen LogP contribution in [0.1, 0.15) is 78.6 Å². The minimum Gasteiger partial charge on any atom is -0.481 e. The number of carboxylic acid groups (broad SMARTS) is 3. The van der Waals surface area contributed by atoms with E-state index in [2.05, 4.69) is 0 Å². The number of aromatic nitrogens is 3. The summed E-state index contributed by atoms with van der Waals surface area (Å²) < 4.78 is 18.1. The first kappa shape index (κ1) is 42.4. The average Bonchev–Trinajstić information content (AvgIpc) is 3.11. The Morgan fingerprint density at radius 2 is 0.907 bits per heavy atom. The molecule has 4 N–H and O–H groups in total. The van der Waals surface area contributed by atoms with Crippen molar-refractivity contribution in [2.24, 2.45) is 53.3 Å². The highest BCUT2D eigenvalue weighted by Gasteiger charge is 2.41. The zero-order valence-corrected chi connectivity index (χ0v) is 31.0. The number of hydrogen-bond donors (Lipinski definition) is 4. The molecule has 18 nitrogen and oxygen atoms in total. The Hall–Kier alpha value is -4.32. The third-order valence-electron chi connectivity index (χ3n) is 11.4. The summed E-state index contributed by atoms with van der Waals surface area (Å²) in [6.07, 6.45) is 2.29. The summed E-state index contributed by atoms with van der Waals surface area (Å²) in [4.78, 5) is 102. The number of aliphatic carboxylic acids is 3. The maximum Gasteiger partial charge on any atom is 0.336 e. The number of aliphatic hydroxyl groups excluding tert-OH is 1. The lowest BCUT2D eigenvalue weighted by molar-refractivity contribution is -0.174. The average molecular weight is 768 g/mol. The number of hydrogen-bond acceptors (Lipinski definition) is 12. The van der Waals surface area contributed by atoms with E-state index in [1.165, 1.54) is 0 Å². The number of nitrogens with zero attached hydrogens (tertiary/aromatic N) is 3. The van der Waals surface area contributed by atoms with Crippen molar-refractivity contribution in [1.29, 1.82) is 0 Å². The fourth-order valence-electron chi connectivity index (χ4n) is 8.24. The van der Waals surface area contributed by atoms with E-state index >= 15 is 0 Å². The van der Waals surface area contributed by atoms with Gasteiger partial charge in [-0.3, -0.25) is 24.0 Å². The molecule has 0 saturated heterocycles. The molecule has 1 aromatic heterocycles. The van der Waals surface area contributed by atoms with E-state index in [9.17, 15) is 58.8 Å². The van der Waals surface area contributed by atoms with Crippen LogP contribution in [0.15, 0.2) is 14.4 Å². The van der Waals surface area contributed by atoms with E-state index in [0.717, 1.165) is 0 Å². The molecule has 3 fully saturated rings.